The van der Waals surface area contributed by atoms with Crippen molar-refractivity contribution >= 4 is 0 Å². The molecule has 1 saturated heterocycles. The van der Waals surface area contributed by atoms with Crippen molar-refractivity contribution in [1.29, 1.82) is 0 Å². The van der Waals surface area contributed by atoms with Gasteiger partial charge in [-0.05, 0) is 63.3 Å². The zero-order valence-electron chi connectivity index (χ0n) is 15.5. The number of halogens is 1. The van der Waals surface area contributed by atoms with Crippen molar-refractivity contribution in [3.05, 3.63) is 71.8 Å². The van der Waals surface area contributed by atoms with Gasteiger partial charge in [0.1, 0.15) is 6.61 Å². The third-order valence-corrected chi connectivity index (χ3v) is 4.67. The maximum absolute atomic E-state index is 13.7. The van der Waals surface area contributed by atoms with E-state index in [2.05, 4.69) is 42.7 Å². The average molecular weight is 343 g/mol. The topological polar surface area (TPSA) is 12.5 Å². The van der Waals surface area contributed by atoms with Crippen LogP contribution in [0.2, 0.25) is 0 Å². The Kier molecular flexibility index (Phi) is 7.93. The lowest BCUT2D eigenvalue weighted by Gasteiger charge is -2.32. The zero-order chi connectivity index (χ0) is 18.1. The number of hydrogen-bond donors (Lipinski definition) is 0. The van der Waals surface area contributed by atoms with E-state index in [1.165, 1.54) is 36.1 Å². The minimum Gasteiger partial charge on any atom is -0.490 e. The van der Waals surface area contributed by atoms with Crippen LogP contribution in [0.1, 0.15) is 30.9 Å². The molecule has 1 atom stereocenters. The second kappa shape index (κ2) is 10.2. The molecule has 1 heterocycles. The molecule has 0 aromatic heterocycles. The first-order valence-electron chi connectivity index (χ1n) is 9.18. The molecule has 3 heteroatoms. The second-order valence-electron chi connectivity index (χ2n) is 6.75. The van der Waals surface area contributed by atoms with E-state index in [1.807, 2.05) is 0 Å². The van der Waals surface area contributed by atoms with Gasteiger partial charge in [-0.25, -0.2) is 4.39 Å². The lowest BCUT2D eigenvalue weighted by atomic mass is 9.91. The van der Waals surface area contributed by atoms with E-state index >= 15 is 0 Å². The fraction of sp³-hybridized carbons (Fsp3) is 0.455. The number of likely N-dealkylation sites (tertiary alicyclic amines) is 1. The van der Waals surface area contributed by atoms with Gasteiger partial charge in [0.2, 0.25) is 0 Å². The first-order valence-corrected chi connectivity index (χ1v) is 9.18. The highest BCUT2D eigenvalue weighted by molar-refractivity contribution is 5.23. The van der Waals surface area contributed by atoms with Gasteiger partial charge < -0.3 is 4.74 Å². The highest BCUT2D eigenvalue weighted by Crippen LogP contribution is 2.21. The third-order valence-electron chi connectivity index (χ3n) is 4.67. The maximum atomic E-state index is 13.7. The molecule has 25 heavy (non-hydrogen) atoms. The van der Waals surface area contributed by atoms with Crippen LogP contribution in [0.25, 0.3) is 0 Å². The summed E-state index contributed by atoms with van der Waals surface area (Å²) in [4.78, 5) is 2.44. The minimum absolute atomic E-state index is 0.299. The van der Waals surface area contributed by atoms with E-state index in [1.54, 1.807) is 13.0 Å². The van der Waals surface area contributed by atoms with Gasteiger partial charge in [-0.2, -0.15) is 0 Å². The number of benzene rings is 1. The molecular formula is C22H30FNO. The predicted octanol–water partition coefficient (Wildman–Crippen LogP) is 5.21. The molecule has 1 aliphatic rings. The Morgan fingerprint density at radius 3 is 2.80 bits per heavy atom. The molecule has 136 valence electrons. The quantitative estimate of drug-likeness (QED) is 0.474. The van der Waals surface area contributed by atoms with E-state index in [9.17, 15) is 4.39 Å². The predicted molar refractivity (Wildman–Crippen MR) is 103 cm³/mol. The lowest BCUT2D eigenvalue weighted by molar-refractivity contribution is 0.120. The standard InChI is InChI=1S/C22H30FNO/c1-4-7-21(23)22(5-2)25-15-14-24-13-6-8-20(17-24)16-19-11-9-18(3)10-12-19/h4-5,7,9-12,20H,1,6,8,13-17H2,2-3H3/b21-7+,22-5+. The van der Waals surface area contributed by atoms with Gasteiger partial charge in [-0.15, -0.1) is 0 Å². The Hall–Kier alpha value is -1.87. The van der Waals surface area contributed by atoms with Crippen LogP contribution >= 0.6 is 0 Å². The number of ether oxygens (including phenoxy) is 1. The van der Waals surface area contributed by atoms with Crippen molar-refractivity contribution in [2.45, 2.75) is 33.1 Å². The average Bonchev–Trinajstić information content (AvgIpc) is 2.61. The molecule has 0 radical (unpaired) electrons. The molecule has 0 aliphatic carbocycles. The summed E-state index contributed by atoms with van der Waals surface area (Å²) >= 11 is 0. The van der Waals surface area contributed by atoms with Crippen molar-refractivity contribution in [3.8, 4) is 0 Å². The number of allylic oxidation sites excluding steroid dienone is 4. The van der Waals surface area contributed by atoms with Crippen LogP contribution in [-0.2, 0) is 11.2 Å². The normalized spacial score (nSPS) is 19.7. The van der Waals surface area contributed by atoms with E-state index in [-0.39, 0.29) is 5.83 Å². The monoisotopic (exact) mass is 343 g/mol. The van der Waals surface area contributed by atoms with Crippen LogP contribution < -0.4 is 0 Å². The summed E-state index contributed by atoms with van der Waals surface area (Å²) in [6.07, 6.45) is 8.05. The van der Waals surface area contributed by atoms with Gasteiger partial charge >= 0.3 is 0 Å². The molecule has 1 aromatic rings. The highest BCUT2D eigenvalue weighted by Gasteiger charge is 2.20. The fourth-order valence-electron chi connectivity index (χ4n) is 3.34. The highest BCUT2D eigenvalue weighted by atomic mass is 19.1. The van der Waals surface area contributed by atoms with Crippen LogP contribution in [-0.4, -0.2) is 31.1 Å². The molecule has 1 aromatic carbocycles. The Morgan fingerprint density at radius 2 is 2.12 bits per heavy atom. The van der Waals surface area contributed by atoms with Crippen LogP contribution in [0.4, 0.5) is 4.39 Å². The van der Waals surface area contributed by atoms with Crippen molar-refractivity contribution in [2.75, 3.05) is 26.2 Å². The molecule has 1 unspecified atom stereocenters. The number of piperidine rings is 1. The number of hydrogen-bond acceptors (Lipinski definition) is 2. The van der Waals surface area contributed by atoms with E-state index in [0.29, 0.717) is 18.3 Å². The molecule has 0 saturated carbocycles. The van der Waals surface area contributed by atoms with Crippen LogP contribution in [0.15, 0.2) is 60.7 Å². The van der Waals surface area contributed by atoms with Crippen molar-refractivity contribution in [1.82, 2.24) is 4.90 Å². The van der Waals surface area contributed by atoms with Crippen molar-refractivity contribution in [3.63, 3.8) is 0 Å². The summed E-state index contributed by atoms with van der Waals surface area (Å²) < 4.78 is 19.4. The SMILES string of the molecule is C=C/C=C(F)\C(=C/C)OCCN1CCCC(Cc2ccc(C)cc2)C1. The molecule has 1 aliphatic heterocycles. The van der Waals surface area contributed by atoms with E-state index in [4.69, 9.17) is 4.74 Å². The zero-order valence-corrected chi connectivity index (χ0v) is 15.5. The van der Waals surface area contributed by atoms with Crippen molar-refractivity contribution in [2.24, 2.45) is 5.92 Å². The Labute approximate surface area is 151 Å². The summed E-state index contributed by atoms with van der Waals surface area (Å²) in [6.45, 7) is 11.0. The molecule has 0 amide bonds. The molecule has 0 bridgehead atoms. The van der Waals surface area contributed by atoms with E-state index < -0.39 is 0 Å². The summed E-state index contributed by atoms with van der Waals surface area (Å²) in [5.41, 5.74) is 2.73. The van der Waals surface area contributed by atoms with Crippen LogP contribution in [0, 0.1) is 12.8 Å². The molecule has 1 fully saturated rings. The largest absolute Gasteiger partial charge is 0.490 e. The fourth-order valence-corrected chi connectivity index (χ4v) is 3.34. The third kappa shape index (κ3) is 6.50. The Balaban J connectivity index is 1.78. The summed E-state index contributed by atoms with van der Waals surface area (Å²) in [6, 6.07) is 8.86. The Bertz CT molecular complexity index is 603. The van der Waals surface area contributed by atoms with Gasteiger partial charge in [-0.3, -0.25) is 4.90 Å². The number of rotatable bonds is 8. The maximum Gasteiger partial charge on any atom is 0.164 e. The van der Waals surface area contributed by atoms with Crippen LogP contribution in [0.3, 0.4) is 0 Å². The molecule has 0 N–H and O–H groups in total. The molecule has 2 nitrogen and oxygen atoms in total. The summed E-state index contributed by atoms with van der Waals surface area (Å²) in [7, 11) is 0. The molecule has 0 spiro atoms. The molecule has 2 rings (SSSR count). The first-order chi connectivity index (χ1) is 12.1. The number of nitrogens with zero attached hydrogens (tertiary/aromatic N) is 1. The smallest absolute Gasteiger partial charge is 0.164 e. The van der Waals surface area contributed by atoms with Gasteiger partial charge in [0.05, 0.1) is 0 Å². The summed E-state index contributed by atoms with van der Waals surface area (Å²) in [5, 5.41) is 0. The van der Waals surface area contributed by atoms with Gasteiger partial charge in [0, 0.05) is 13.1 Å². The first kappa shape index (κ1) is 19.5. The number of aryl methyl sites for hydroxylation is 1. The van der Waals surface area contributed by atoms with Crippen LogP contribution in [0.5, 0.6) is 0 Å². The molecular weight excluding hydrogens is 313 g/mol. The second-order valence-corrected chi connectivity index (χ2v) is 6.75. The van der Waals surface area contributed by atoms with Gasteiger partial charge in [0.15, 0.2) is 11.6 Å². The van der Waals surface area contributed by atoms with Crippen molar-refractivity contribution < 1.29 is 9.13 Å². The van der Waals surface area contributed by atoms with Gasteiger partial charge in [0.25, 0.3) is 0 Å². The summed E-state index contributed by atoms with van der Waals surface area (Å²) in [5.74, 6) is 0.622. The van der Waals surface area contributed by atoms with E-state index in [0.717, 1.165) is 26.1 Å². The van der Waals surface area contributed by atoms with Gasteiger partial charge in [-0.1, -0.05) is 42.5 Å². The Morgan fingerprint density at radius 1 is 1.36 bits per heavy atom. The lowest BCUT2D eigenvalue weighted by Crippen LogP contribution is -2.38. The minimum atomic E-state index is -0.367.